The standard InChI is InChI=1S/C22H24N2O6/c1-13(20(26)23-11-10-19(25)21(27)28)24-22(29)30-12-18-16-8-4-2-6-14(16)15-7-3-5-9-17(15)18/h2-9,13,18-19,25H,10-12H2,1H3,(H,23,26)(H,24,29)(H,27,28)/t13?,19-/m0/s1. The van der Waals surface area contributed by atoms with E-state index in [2.05, 4.69) is 10.6 Å². The summed E-state index contributed by atoms with van der Waals surface area (Å²) in [6.45, 7) is 1.60. The van der Waals surface area contributed by atoms with Crippen molar-refractivity contribution in [2.45, 2.75) is 31.4 Å². The lowest BCUT2D eigenvalue weighted by Crippen LogP contribution is -2.46. The van der Waals surface area contributed by atoms with E-state index in [1.54, 1.807) is 0 Å². The van der Waals surface area contributed by atoms with Crippen molar-refractivity contribution in [2.75, 3.05) is 13.2 Å². The number of carboxylic acid groups (broad SMARTS) is 1. The van der Waals surface area contributed by atoms with Crippen LogP contribution in [0.1, 0.15) is 30.4 Å². The normalized spacial score (nSPS) is 14.2. The largest absolute Gasteiger partial charge is 0.479 e. The van der Waals surface area contributed by atoms with Gasteiger partial charge in [0.25, 0.3) is 0 Å². The summed E-state index contributed by atoms with van der Waals surface area (Å²) in [7, 11) is 0. The monoisotopic (exact) mass is 412 g/mol. The molecule has 2 amide bonds. The molecule has 0 spiro atoms. The predicted octanol–water partition coefficient (Wildman–Crippen LogP) is 1.87. The van der Waals surface area contributed by atoms with Crippen LogP contribution in [0.2, 0.25) is 0 Å². The van der Waals surface area contributed by atoms with Gasteiger partial charge in [-0.3, -0.25) is 4.79 Å². The summed E-state index contributed by atoms with van der Waals surface area (Å²) >= 11 is 0. The summed E-state index contributed by atoms with van der Waals surface area (Å²) in [4.78, 5) is 34.7. The number of aliphatic hydroxyl groups is 1. The molecule has 1 aliphatic carbocycles. The number of benzene rings is 2. The van der Waals surface area contributed by atoms with Gasteiger partial charge in [0.15, 0.2) is 6.10 Å². The molecule has 0 saturated heterocycles. The molecule has 4 N–H and O–H groups in total. The molecule has 0 radical (unpaired) electrons. The van der Waals surface area contributed by atoms with Crippen molar-refractivity contribution in [3.05, 3.63) is 59.7 Å². The summed E-state index contributed by atoms with van der Waals surface area (Å²) in [5.41, 5.74) is 4.43. The van der Waals surface area contributed by atoms with Gasteiger partial charge < -0.3 is 25.6 Å². The number of fused-ring (bicyclic) bond motifs is 3. The second kappa shape index (κ2) is 9.41. The molecule has 0 aliphatic heterocycles. The quantitative estimate of drug-likeness (QED) is 0.525. The Bertz CT molecular complexity index is 899. The van der Waals surface area contributed by atoms with Crippen molar-refractivity contribution in [1.82, 2.24) is 10.6 Å². The number of hydrogen-bond donors (Lipinski definition) is 4. The van der Waals surface area contributed by atoms with E-state index in [-0.39, 0.29) is 25.5 Å². The predicted molar refractivity (Wildman–Crippen MR) is 109 cm³/mol. The number of carboxylic acids is 1. The average Bonchev–Trinajstić information content (AvgIpc) is 3.05. The van der Waals surface area contributed by atoms with Crippen LogP contribution in [-0.2, 0) is 14.3 Å². The molecule has 0 fully saturated rings. The molecule has 1 unspecified atom stereocenters. The van der Waals surface area contributed by atoms with Crippen molar-refractivity contribution in [1.29, 1.82) is 0 Å². The number of carbonyl (C=O) groups excluding carboxylic acids is 2. The van der Waals surface area contributed by atoms with Crippen molar-refractivity contribution >= 4 is 18.0 Å². The zero-order valence-electron chi connectivity index (χ0n) is 16.5. The Labute approximate surface area is 173 Å². The maximum Gasteiger partial charge on any atom is 0.407 e. The van der Waals surface area contributed by atoms with Crippen LogP contribution >= 0.6 is 0 Å². The zero-order valence-corrected chi connectivity index (χ0v) is 16.5. The number of ether oxygens (including phenoxy) is 1. The molecule has 8 nitrogen and oxygen atoms in total. The Morgan fingerprint density at radius 3 is 2.17 bits per heavy atom. The van der Waals surface area contributed by atoms with Gasteiger partial charge in [0.05, 0.1) is 0 Å². The highest BCUT2D eigenvalue weighted by Crippen LogP contribution is 2.44. The van der Waals surface area contributed by atoms with Gasteiger partial charge in [-0.25, -0.2) is 9.59 Å². The molecule has 1 aliphatic rings. The van der Waals surface area contributed by atoms with Crippen molar-refractivity contribution in [3.63, 3.8) is 0 Å². The smallest absolute Gasteiger partial charge is 0.407 e. The Morgan fingerprint density at radius 1 is 1.03 bits per heavy atom. The van der Waals surface area contributed by atoms with Gasteiger partial charge in [-0.15, -0.1) is 0 Å². The van der Waals surface area contributed by atoms with Gasteiger partial charge in [0.2, 0.25) is 5.91 Å². The highest BCUT2D eigenvalue weighted by atomic mass is 16.5. The molecule has 30 heavy (non-hydrogen) atoms. The number of carbonyl (C=O) groups is 3. The van der Waals surface area contributed by atoms with Crippen LogP contribution in [0.4, 0.5) is 4.79 Å². The summed E-state index contributed by atoms with van der Waals surface area (Å²) in [6.07, 6.45) is -2.39. The third-order valence-corrected chi connectivity index (χ3v) is 5.07. The number of hydrogen-bond acceptors (Lipinski definition) is 5. The third-order valence-electron chi connectivity index (χ3n) is 5.07. The molecule has 0 saturated carbocycles. The molecule has 8 heteroatoms. The lowest BCUT2D eigenvalue weighted by molar-refractivity contribution is -0.147. The number of nitrogens with one attached hydrogen (secondary N) is 2. The first-order valence-corrected chi connectivity index (χ1v) is 9.68. The van der Waals surface area contributed by atoms with Crippen LogP contribution in [0.15, 0.2) is 48.5 Å². The molecule has 3 rings (SSSR count). The zero-order chi connectivity index (χ0) is 21.7. The van der Waals surface area contributed by atoms with Gasteiger partial charge in [0.1, 0.15) is 12.6 Å². The van der Waals surface area contributed by atoms with E-state index in [1.807, 2.05) is 48.5 Å². The van der Waals surface area contributed by atoms with Crippen molar-refractivity contribution < 1.29 is 29.3 Å². The molecule has 0 aromatic heterocycles. The second-order valence-corrected chi connectivity index (χ2v) is 7.13. The van der Waals surface area contributed by atoms with Crippen molar-refractivity contribution in [2.24, 2.45) is 0 Å². The van der Waals surface area contributed by atoms with E-state index in [0.29, 0.717) is 0 Å². The van der Waals surface area contributed by atoms with Crippen LogP contribution in [0.5, 0.6) is 0 Å². The van der Waals surface area contributed by atoms with Crippen LogP contribution in [0.3, 0.4) is 0 Å². The Kier molecular flexibility index (Phi) is 6.68. The van der Waals surface area contributed by atoms with Gasteiger partial charge in [-0.2, -0.15) is 0 Å². The van der Waals surface area contributed by atoms with E-state index in [1.165, 1.54) is 6.92 Å². The lowest BCUT2D eigenvalue weighted by Gasteiger charge is -2.17. The first-order valence-electron chi connectivity index (χ1n) is 9.68. The molecule has 2 atom stereocenters. The van der Waals surface area contributed by atoms with Gasteiger partial charge in [-0.1, -0.05) is 48.5 Å². The highest BCUT2D eigenvalue weighted by Gasteiger charge is 2.29. The fourth-order valence-corrected chi connectivity index (χ4v) is 3.49. The lowest BCUT2D eigenvalue weighted by atomic mass is 9.98. The Balaban J connectivity index is 1.51. The molecular formula is C22H24N2O6. The Hall–Kier alpha value is -3.39. The Morgan fingerprint density at radius 2 is 1.60 bits per heavy atom. The number of amides is 2. The molecule has 0 heterocycles. The van der Waals surface area contributed by atoms with E-state index in [4.69, 9.17) is 9.84 Å². The van der Waals surface area contributed by atoms with Crippen molar-refractivity contribution in [3.8, 4) is 11.1 Å². The van der Waals surface area contributed by atoms with Crippen LogP contribution in [0.25, 0.3) is 11.1 Å². The highest BCUT2D eigenvalue weighted by molar-refractivity contribution is 5.85. The maximum absolute atomic E-state index is 12.2. The SMILES string of the molecule is CC(NC(=O)OCC1c2ccccc2-c2ccccc21)C(=O)NCC[C@H](O)C(=O)O. The fraction of sp³-hybridized carbons (Fsp3) is 0.318. The average molecular weight is 412 g/mol. The van der Waals surface area contributed by atoms with Crippen LogP contribution < -0.4 is 10.6 Å². The van der Waals surface area contributed by atoms with Gasteiger partial charge in [0, 0.05) is 18.9 Å². The molecule has 0 bridgehead atoms. The van der Waals surface area contributed by atoms with Crippen LogP contribution in [-0.4, -0.2) is 53.5 Å². The summed E-state index contributed by atoms with van der Waals surface area (Å²) in [5.74, 6) is -1.93. The number of aliphatic hydroxyl groups excluding tert-OH is 1. The van der Waals surface area contributed by atoms with Gasteiger partial charge >= 0.3 is 12.1 Å². The van der Waals surface area contributed by atoms with E-state index in [9.17, 15) is 19.5 Å². The second-order valence-electron chi connectivity index (χ2n) is 7.13. The number of rotatable bonds is 8. The molecule has 158 valence electrons. The molecular weight excluding hydrogens is 388 g/mol. The van der Waals surface area contributed by atoms with Crippen LogP contribution in [0, 0.1) is 0 Å². The summed E-state index contributed by atoms with van der Waals surface area (Å²) in [5, 5.41) is 22.7. The minimum atomic E-state index is -1.55. The number of alkyl carbamates (subject to hydrolysis) is 1. The summed E-state index contributed by atoms with van der Waals surface area (Å²) in [6, 6.07) is 15.1. The molecule has 2 aromatic rings. The first kappa shape index (κ1) is 21.3. The third kappa shape index (κ3) is 4.77. The topological polar surface area (TPSA) is 125 Å². The minimum absolute atomic E-state index is 0.0248. The first-order chi connectivity index (χ1) is 14.4. The molecule has 2 aromatic carbocycles. The van der Waals surface area contributed by atoms with E-state index >= 15 is 0 Å². The minimum Gasteiger partial charge on any atom is -0.479 e. The van der Waals surface area contributed by atoms with E-state index in [0.717, 1.165) is 22.3 Å². The fourth-order valence-electron chi connectivity index (χ4n) is 3.49. The van der Waals surface area contributed by atoms with Gasteiger partial charge in [-0.05, 0) is 29.2 Å². The number of aliphatic carboxylic acids is 1. The maximum atomic E-state index is 12.2. The summed E-state index contributed by atoms with van der Waals surface area (Å²) < 4.78 is 5.39. The van der Waals surface area contributed by atoms with E-state index < -0.39 is 30.1 Å².